The zero-order valence-electron chi connectivity index (χ0n) is 10.8. The van der Waals surface area contributed by atoms with Crippen molar-refractivity contribution in [3.05, 3.63) is 62.0 Å². The molecule has 106 valence electrons. The van der Waals surface area contributed by atoms with Gasteiger partial charge >= 0.3 is 0 Å². The Morgan fingerprint density at radius 2 is 1.70 bits per heavy atom. The van der Waals surface area contributed by atoms with E-state index in [4.69, 9.17) is 11.6 Å². The zero-order valence-corrected chi connectivity index (χ0v) is 14.8. The highest BCUT2D eigenvalue weighted by molar-refractivity contribution is 9.10. The molecule has 0 saturated carbocycles. The zero-order chi connectivity index (χ0) is 14.8. The summed E-state index contributed by atoms with van der Waals surface area (Å²) < 4.78 is 1.92. The number of anilines is 1. The molecule has 2 nitrogen and oxygen atoms in total. The highest BCUT2D eigenvalue weighted by atomic mass is 79.9. The molecule has 0 aliphatic carbocycles. The van der Waals surface area contributed by atoms with Gasteiger partial charge in [-0.25, -0.2) is 0 Å². The minimum Gasteiger partial charge on any atom is -0.394 e. The normalized spacial score (nSPS) is 13.8. The molecule has 20 heavy (non-hydrogen) atoms. The summed E-state index contributed by atoms with van der Waals surface area (Å²) in [6.07, 6.45) is 0. The van der Waals surface area contributed by atoms with Gasteiger partial charge < -0.3 is 10.4 Å². The summed E-state index contributed by atoms with van der Waals surface area (Å²) in [6, 6.07) is 13.4. The van der Waals surface area contributed by atoms with Crippen molar-refractivity contribution in [1.29, 1.82) is 0 Å². The SMILES string of the molecule is CC(CO)(Nc1ccc(Br)cc1)c1ccc(Br)cc1Cl. The number of benzene rings is 2. The molecule has 0 aromatic heterocycles. The lowest BCUT2D eigenvalue weighted by molar-refractivity contribution is 0.224. The summed E-state index contributed by atoms with van der Waals surface area (Å²) >= 11 is 13.1. The first-order valence-electron chi connectivity index (χ1n) is 6.05. The fourth-order valence-electron chi connectivity index (χ4n) is 1.98. The molecule has 0 spiro atoms. The molecule has 0 amide bonds. The van der Waals surface area contributed by atoms with E-state index in [1.807, 2.05) is 49.4 Å². The monoisotopic (exact) mass is 417 g/mol. The predicted octanol–water partition coefficient (Wildman–Crippen LogP) is 5.18. The van der Waals surface area contributed by atoms with Crippen LogP contribution in [0.5, 0.6) is 0 Å². The molecule has 0 aliphatic rings. The molecule has 0 fully saturated rings. The van der Waals surface area contributed by atoms with Gasteiger partial charge in [-0.1, -0.05) is 49.5 Å². The second-order valence-corrected chi connectivity index (χ2v) is 6.98. The van der Waals surface area contributed by atoms with Crippen molar-refractivity contribution in [2.24, 2.45) is 0 Å². The largest absolute Gasteiger partial charge is 0.394 e. The van der Waals surface area contributed by atoms with Crippen LogP contribution in [0.15, 0.2) is 51.4 Å². The van der Waals surface area contributed by atoms with Gasteiger partial charge in [-0.15, -0.1) is 0 Å². The lowest BCUT2D eigenvalue weighted by Crippen LogP contribution is -2.36. The van der Waals surface area contributed by atoms with E-state index >= 15 is 0 Å². The Hall–Kier alpha value is -0.550. The Bertz CT molecular complexity index is 603. The number of hydrogen-bond donors (Lipinski definition) is 2. The van der Waals surface area contributed by atoms with E-state index < -0.39 is 5.54 Å². The van der Waals surface area contributed by atoms with E-state index in [0.29, 0.717) is 5.02 Å². The van der Waals surface area contributed by atoms with Gasteiger partial charge in [-0.3, -0.25) is 0 Å². The van der Waals surface area contributed by atoms with Crippen molar-refractivity contribution in [2.45, 2.75) is 12.5 Å². The molecule has 0 aliphatic heterocycles. The van der Waals surface area contributed by atoms with Crippen molar-refractivity contribution < 1.29 is 5.11 Å². The molecule has 2 aromatic carbocycles. The van der Waals surface area contributed by atoms with Crippen molar-refractivity contribution >= 4 is 49.1 Å². The first kappa shape index (κ1) is 15.8. The number of hydrogen-bond acceptors (Lipinski definition) is 2. The van der Waals surface area contributed by atoms with Crippen LogP contribution in [-0.4, -0.2) is 11.7 Å². The van der Waals surface area contributed by atoms with Gasteiger partial charge in [-0.2, -0.15) is 0 Å². The summed E-state index contributed by atoms with van der Waals surface area (Å²) in [4.78, 5) is 0. The summed E-state index contributed by atoms with van der Waals surface area (Å²) in [7, 11) is 0. The Morgan fingerprint density at radius 3 is 2.25 bits per heavy atom. The quantitative estimate of drug-likeness (QED) is 0.715. The van der Waals surface area contributed by atoms with Gasteiger partial charge in [0.1, 0.15) is 0 Å². The molecule has 5 heteroatoms. The van der Waals surface area contributed by atoms with Gasteiger partial charge in [0.2, 0.25) is 0 Å². The highest BCUT2D eigenvalue weighted by Crippen LogP contribution is 2.33. The maximum atomic E-state index is 9.81. The molecule has 1 unspecified atom stereocenters. The third-order valence-corrected chi connectivity index (χ3v) is 4.44. The fraction of sp³-hybridized carbons (Fsp3) is 0.200. The van der Waals surface area contributed by atoms with Gasteiger partial charge in [-0.05, 0) is 48.9 Å². The Labute approximate surface area is 140 Å². The number of aliphatic hydroxyl groups excluding tert-OH is 1. The van der Waals surface area contributed by atoms with Gasteiger partial charge in [0.15, 0.2) is 0 Å². The molecule has 2 N–H and O–H groups in total. The Morgan fingerprint density at radius 1 is 1.10 bits per heavy atom. The number of nitrogens with one attached hydrogen (secondary N) is 1. The number of rotatable bonds is 4. The summed E-state index contributed by atoms with van der Waals surface area (Å²) in [5.41, 5.74) is 1.13. The van der Waals surface area contributed by atoms with Crippen LogP contribution in [0.1, 0.15) is 12.5 Å². The average molecular weight is 420 g/mol. The molecule has 0 saturated heterocycles. The van der Waals surface area contributed by atoms with Crippen LogP contribution in [0.25, 0.3) is 0 Å². The van der Waals surface area contributed by atoms with E-state index in [1.165, 1.54) is 0 Å². The minimum atomic E-state index is -0.647. The second kappa shape index (κ2) is 6.48. The van der Waals surface area contributed by atoms with Crippen LogP contribution >= 0.6 is 43.5 Å². The molecule has 1 atom stereocenters. The third kappa shape index (κ3) is 3.55. The minimum absolute atomic E-state index is 0.0651. The molecule has 2 rings (SSSR count). The van der Waals surface area contributed by atoms with Crippen molar-refractivity contribution in [1.82, 2.24) is 0 Å². The third-order valence-electron chi connectivity index (χ3n) is 3.11. The van der Waals surface area contributed by atoms with E-state index in [-0.39, 0.29) is 6.61 Å². The van der Waals surface area contributed by atoms with Crippen LogP contribution < -0.4 is 5.32 Å². The van der Waals surface area contributed by atoms with Crippen LogP contribution in [0.2, 0.25) is 5.02 Å². The molecule has 0 heterocycles. The van der Waals surface area contributed by atoms with Crippen molar-refractivity contribution in [2.75, 3.05) is 11.9 Å². The maximum Gasteiger partial charge on any atom is 0.0842 e. The van der Waals surface area contributed by atoms with E-state index in [0.717, 1.165) is 20.2 Å². The lowest BCUT2D eigenvalue weighted by atomic mass is 9.92. The van der Waals surface area contributed by atoms with Gasteiger partial charge in [0.25, 0.3) is 0 Å². The first-order valence-corrected chi connectivity index (χ1v) is 8.01. The topological polar surface area (TPSA) is 32.3 Å². The Balaban J connectivity index is 2.35. The van der Waals surface area contributed by atoms with Crippen LogP contribution in [0.3, 0.4) is 0 Å². The molecular formula is C15H14Br2ClNO. The predicted molar refractivity (Wildman–Crippen MR) is 91.4 cm³/mol. The number of halogens is 3. The van der Waals surface area contributed by atoms with E-state index in [1.54, 1.807) is 0 Å². The van der Waals surface area contributed by atoms with Crippen LogP contribution in [0, 0.1) is 0 Å². The van der Waals surface area contributed by atoms with Gasteiger partial charge in [0, 0.05) is 19.7 Å². The van der Waals surface area contributed by atoms with Crippen molar-refractivity contribution in [3.63, 3.8) is 0 Å². The molecule has 0 radical (unpaired) electrons. The highest BCUT2D eigenvalue weighted by Gasteiger charge is 2.28. The maximum absolute atomic E-state index is 9.81. The smallest absolute Gasteiger partial charge is 0.0842 e. The lowest BCUT2D eigenvalue weighted by Gasteiger charge is -2.31. The van der Waals surface area contributed by atoms with E-state index in [2.05, 4.69) is 37.2 Å². The van der Waals surface area contributed by atoms with Gasteiger partial charge in [0.05, 0.1) is 12.1 Å². The van der Waals surface area contributed by atoms with Crippen LogP contribution in [-0.2, 0) is 5.54 Å². The molecule has 2 aromatic rings. The fourth-order valence-corrected chi connectivity index (χ4v) is 3.13. The molecule has 0 bridgehead atoms. The Kier molecular flexibility index (Phi) is 5.13. The molecular weight excluding hydrogens is 405 g/mol. The van der Waals surface area contributed by atoms with E-state index in [9.17, 15) is 5.11 Å². The second-order valence-electron chi connectivity index (χ2n) is 4.75. The summed E-state index contributed by atoms with van der Waals surface area (Å²) in [5, 5.41) is 13.8. The van der Waals surface area contributed by atoms with Crippen LogP contribution in [0.4, 0.5) is 5.69 Å². The average Bonchev–Trinajstić information content (AvgIpc) is 2.41. The first-order chi connectivity index (χ1) is 9.44. The van der Waals surface area contributed by atoms with Crippen molar-refractivity contribution in [3.8, 4) is 0 Å². The summed E-state index contributed by atoms with van der Waals surface area (Å²) in [6.45, 7) is 1.86. The number of aliphatic hydroxyl groups is 1. The summed E-state index contributed by atoms with van der Waals surface area (Å²) in [5.74, 6) is 0. The standard InChI is InChI=1S/C15H14Br2ClNO/c1-15(9-20,13-7-4-11(17)8-14(13)18)19-12-5-2-10(16)3-6-12/h2-8,19-20H,9H2,1H3.